The minimum atomic E-state index is -3.64. The number of carbonyl (C=O) groups is 3. The second-order valence-electron chi connectivity index (χ2n) is 8.43. The van der Waals surface area contributed by atoms with Gasteiger partial charge in [0.05, 0.1) is 10.6 Å². The van der Waals surface area contributed by atoms with Gasteiger partial charge in [-0.2, -0.15) is 4.31 Å². The van der Waals surface area contributed by atoms with Crippen molar-refractivity contribution in [3.63, 3.8) is 0 Å². The Bertz CT molecular complexity index is 1440. The number of carbonyl (C=O) groups excluding carboxylic acids is 3. The molecule has 1 aliphatic heterocycles. The average Bonchev–Trinajstić information content (AvgIpc) is 2.91. The molecule has 38 heavy (non-hydrogen) atoms. The Morgan fingerprint density at radius 3 is 2.26 bits per heavy atom. The molecule has 3 aromatic carbocycles. The van der Waals surface area contributed by atoms with Crippen molar-refractivity contribution in [3.8, 4) is 5.75 Å². The van der Waals surface area contributed by atoms with Crippen LogP contribution in [0.4, 0.5) is 17.1 Å². The molecule has 0 aliphatic carbocycles. The number of nitrogens with zero attached hydrogens (tertiary/aromatic N) is 2. The van der Waals surface area contributed by atoms with Crippen LogP contribution >= 0.6 is 0 Å². The fourth-order valence-corrected chi connectivity index (χ4v) is 5.47. The molecule has 1 heterocycles. The van der Waals surface area contributed by atoms with Gasteiger partial charge >= 0.3 is 0 Å². The van der Waals surface area contributed by atoms with E-state index in [9.17, 15) is 22.8 Å². The number of hydrogen-bond donors (Lipinski definition) is 2. The van der Waals surface area contributed by atoms with Gasteiger partial charge in [0.1, 0.15) is 12.3 Å². The maximum atomic E-state index is 12.9. The minimum Gasteiger partial charge on any atom is -0.482 e. The third kappa shape index (κ3) is 5.84. The molecule has 4 rings (SSSR count). The number of fused-ring (bicyclic) bond motifs is 1. The average molecular weight is 537 g/mol. The Morgan fingerprint density at radius 1 is 0.921 bits per heavy atom. The van der Waals surface area contributed by atoms with Crippen LogP contribution in [-0.4, -0.2) is 56.7 Å². The van der Waals surface area contributed by atoms with Crippen LogP contribution in [0.15, 0.2) is 77.7 Å². The molecule has 0 spiro atoms. The zero-order valence-corrected chi connectivity index (χ0v) is 21.8. The lowest BCUT2D eigenvalue weighted by molar-refractivity contribution is -0.123. The van der Waals surface area contributed by atoms with Crippen molar-refractivity contribution in [2.45, 2.75) is 18.7 Å². The van der Waals surface area contributed by atoms with Gasteiger partial charge in [0, 0.05) is 30.0 Å². The summed E-state index contributed by atoms with van der Waals surface area (Å²) in [5.74, 6) is -0.838. The highest BCUT2D eigenvalue weighted by Gasteiger charge is 2.28. The van der Waals surface area contributed by atoms with E-state index in [4.69, 9.17) is 4.74 Å². The topological polar surface area (TPSA) is 125 Å². The van der Waals surface area contributed by atoms with Gasteiger partial charge in [-0.1, -0.05) is 32.0 Å². The highest BCUT2D eigenvalue weighted by molar-refractivity contribution is 7.89. The molecule has 11 heteroatoms. The predicted molar refractivity (Wildman–Crippen MR) is 144 cm³/mol. The number of ether oxygens (including phenoxy) is 1. The van der Waals surface area contributed by atoms with Crippen LogP contribution in [0.25, 0.3) is 0 Å². The molecule has 0 saturated heterocycles. The van der Waals surface area contributed by atoms with Crippen molar-refractivity contribution in [2.24, 2.45) is 0 Å². The fourth-order valence-electron chi connectivity index (χ4n) is 4.01. The molecule has 198 valence electrons. The van der Waals surface area contributed by atoms with Gasteiger partial charge in [0.25, 0.3) is 11.8 Å². The highest BCUT2D eigenvalue weighted by atomic mass is 32.2. The van der Waals surface area contributed by atoms with E-state index in [1.165, 1.54) is 33.5 Å². The van der Waals surface area contributed by atoms with Crippen LogP contribution in [0.5, 0.6) is 5.75 Å². The quantitative estimate of drug-likeness (QED) is 0.432. The summed E-state index contributed by atoms with van der Waals surface area (Å²) in [4.78, 5) is 39.5. The number of hydrogen-bond acceptors (Lipinski definition) is 6. The third-order valence-corrected chi connectivity index (χ3v) is 8.04. The number of nitrogens with one attached hydrogen (secondary N) is 2. The first-order valence-electron chi connectivity index (χ1n) is 12.1. The number of anilines is 3. The van der Waals surface area contributed by atoms with E-state index in [1.807, 2.05) is 6.07 Å². The maximum Gasteiger partial charge on any atom is 0.265 e. The molecular formula is C27H28N4O6S. The Kier molecular flexibility index (Phi) is 8.08. The summed E-state index contributed by atoms with van der Waals surface area (Å²) in [7, 11) is -3.64. The number of para-hydroxylation sites is 1. The van der Waals surface area contributed by atoms with E-state index in [0.717, 1.165) is 0 Å². The third-order valence-electron chi connectivity index (χ3n) is 5.98. The van der Waals surface area contributed by atoms with Crippen LogP contribution < -0.4 is 20.3 Å². The minimum absolute atomic E-state index is 0.103. The molecular weight excluding hydrogens is 508 g/mol. The van der Waals surface area contributed by atoms with Gasteiger partial charge in [0.2, 0.25) is 15.9 Å². The summed E-state index contributed by atoms with van der Waals surface area (Å²) in [5, 5.41) is 5.50. The summed E-state index contributed by atoms with van der Waals surface area (Å²) in [5.41, 5.74) is 1.59. The zero-order chi connectivity index (χ0) is 27.3. The first-order chi connectivity index (χ1) is 18.2. The van der Waals surface area contributed by atoms with Crippen molar-refractivity contribution < 1.29 is 27.5 Å². The van der Waals surface area contributed by atoms with E-state index in [-0.39, 0.29) is 29.5 Å². The Balaban J connectivity index is 1.49. The van der Waals surface area contributed by atoms with Crippen LogP contribution in [0.2, 0.25) is 0 Å². The van der Waals surface area contributed by atoms with E-state index in [1.54, 1.807) is 56.3 Å². The van der Waals surface area contributed by atoms with Gasteiger partial charge in [-0.05, 0) is 54.6 Å². The van der Waals surface area contributed by atoms with Gasteiger partial charge in [0.15, 0.2) is 6.61 Å². The van der Waals surface area contributed by atoms with E-state index >= 15 is 0 Å². The Morgan fingerprint density at radius 2 is 1.61 bits per heavy atom. The number of rotatable bonds is 9. The Labute approximate surface area is 221 Å². The van der Waals surface area contributed by atoms with Crippen LogP contribution in [0.3, 0.4) is 0 Å². The number of benzene rings is 3. The molecule has 3 amide bonds. The van der Waals surface area contributed by atoms with Crippen LogP contribution in [0, 0.1) is 0 Å². The molecule has 3 aromatic rings. The fraction of sp³-hybridized carbons (Fsp3) is 0.222. The maximum absolute atomic E-state index is 12.9. The molecule has 0 fully saturated rings. The second kappa shape index (κ2) is 11.4. The normalized spacial score (nSPS) is 13.0. The number of sulfonamides is 1. The first kappa shape index (κ1) is 26.8. The van der Waals surface area contributed by atoms with E-state index in [0.29, 0.717) is 35.9 Å². The molecule has 0 aromatic heterocycles. The largest absolute Gasteiger partial charge is 0.482 e. The predicted octanol–water partition coefficient (Wildman–Crippen LogP) is 3.33. The molecule has 0 bridgehead atoms. The molecule has 2 N–H and O–H groups in total. The summed E-state index contributed by atoms with van der Waals surface area (Å²) >= 11 is 0. The van der Waals surface area contributed by atoms with Crippen LogP contribution in [-0.2, 0) is 19.6 Å². The highest BCUT2D eigenvalue weighted by Crippen LogP contribution is 2.34. The lowest BCUT2D eigenvalue weighted by Gasteiger charge is -2.29. The second-order valence-corrected chi connectivity index (χ2v) is 10.4. The van der Waals surface area contributed by atoms with Gasteiger partial charge < -0.3 is 15.4 Å². The Hall–Kier alpha value is -4.22. The summed E-state index contributed by atoms with van der Waals surface area (Å²) in [6.07, 6.45) is 0. The van der Waals surface area contributed by atoms with Gasteiger partial charge in [-0.3, -0.25) is 19.3 Å². The van der Waals surface area contributed by atoms with Gasteiger partial charge in [-0.15, -0.1) is 0 Å². The SMILES string of the molecule is CCN(CC)S(=O)(=O)c1ccc(C(=O)Nc2ccc3c(c2)N(CC(=O)Nc2ccccc2)C(=O)CO3)cc1. The van der Waals surface area contributed by atoms with Crippen LogP contribution in [0.1, 0.15) is 24.2 Å². The van der Waals surface area contributed by atoms with E-state index < -0.39 is 21.8 Å². The van der Waals surface area contributed by atoms with Crippen molar-refractivity contribution in [3.05, 3.63) is 78.4 Å². The monoisotopic (exact) mass is 536 g/mol. The van der Waals surface area contributed by atoms with Crippen molar-refractivity contribution >= 4 is 44.8 Å². The molecule has 0 saturated carbocycles. The standard InChI is InChI=1S/C27H28N4O6S/c1-3-30(4-2)38(35,36)22-13-10-19(11-14-22)27(34)29-21-12-15-24-23(16-21)31(26(33)18-37-24)17-25(32)28-20-8-6-5-7-9-20/h5-16H,3-4,17-18H2,1-2H3,(H,28,32)(H,29,34). The summed E-state index contributed by atoms with van der Waals surface area (Å²) < 4.78 is 32.2. The number of amides is 3. The van der Waals surface area contributed by atoms with Gasteiger partial charge in [-0.25, -0.2) is 8.42 Å². The van der Waals surface area contributed by atoms with Crippen molar-refractivity contribution in [2.75, 3.05) is 41.8 Å². The van der Waals surface area contributed by atoms with Crippen molar-refractivity contribution in [1.29, 1.82) is 0 Å². The molecule has 1 aliphatic rings. The summed E-state index contributed by atoms with van der Waals surface area (Å²) in [6, 6.07) is 19.4. The molecule has 0 unspecified atom stereocenters. The lowest BCUT2D eigenvalue weighted by atomic mass is 10.1. The van der Waals surface area contributed by atoms with E-state index in [2.05, 4.69) is 10.6 Å². The smallest absolute Gasteiger partial charge is 0.265 e. The van der Waals surface area contributed by atoms with Crippen molar-refractivity contribution in [1.82, 2.24) is 4.31 Å². The first-order valence-corrected chi connectivity index (χ1v) is 13.5. The molecule has 0 radical (unpaired) electrons. The molecule has 0 atom stereocenters. The summed E-state index contributed by atoms with van der Waals surface area (Å²) in [6.45, 7) is 3.77. The zero-order valence-electron chi connectivity index (χ0n) is 21.0. The molecule has 10 nitrogen and oxygen atoms in total. The lowest BCUT2D eigenvalue weighted by Crippen LogP contribution is -2.43.